The molecule has 1 N–H and O–H groups in total. The molecule has 0 spiro atoms. The molecule has 8 heteroatoms. The normalized spacial score (nSPS) is 16.8. The third-order valence-electron chi connectivity index (χ3n) is 4.43. The van der Waals surface area contributed by atoms with Crippen molar-refractivity contribution in [2.75, 3.05) is 6.54 Å². The van der Waals surface area contributed by atoms with Crippen LogP contribution in [-0.4, -0.2) is 50.3 Å². The summed E-state index contributed by atoms with van der Waals surface area (Å²) in [6.07, 6.45) is 2.89. The summed E-state index contributed by atoms with van der Waals surface area (Å²) in [4.78, 5) is 26.0. The molecule has 1 aliphatic rings. The van der Waals surface area contributed by atoms with Crippen molar-refractivity contribution in [3.05, 3.63) is 46.7 Å². The summed E-state index contributed by atoms with van der Waals surface area (Å²) < 4.78 is 1.60. The van der Waals surface area contributed by atoms with Gasteiger partial charge in [-0.15, -0.1) is 5.10 Å². The lowest BCUT2D eigenvalue weighted by atomic mass is 10.2. The summed E-state index contributed by atoms with van der Waals surface area (Å²) in [5.41, 5.74) is 1.20. The van der Waals surface area contributed by atoms with Crippen molar-refractivity contribution in [3.8, 4) is 0 Å². The molecule has 26 heavy (non-hydrogen) atoms. The lowest BCUT2D eigenvalue weighted by Gasteiger charge is -2.28. The minimum absolute atomic E-state index is 0.00581. The highest BCUT2D eigenvalue weighted by molar-refractivity contribution is 6.31. The van der Waals surface area contributed by atoms with Crippen LogP contribution in [0.15, 0.2) is 30.5 Å². The first-order valence-electron chi connectivity index (χ1n) is 8.68. The quantitative estimate of drug-likeness (QED) is 0.838. The second-order valence-electron chi connectivity index (χ2n) is 6.75. The number of rotatable bonds is 6. The number of halogens is 1. The maximum Gasteiger partial charge on any atom is 0.276 e. The zero-order valence-electron chi connectivity index (χ0n) is 14.9. The van der Waals surface area contributed by atoms with Crippen LogP contribution in [0.5, 0.6) is 0 Å². The van der Waals surface area contributed by atoms with E-state index < -0.39 is 0 Å². The Morgan fingerprint density at radius 3 is 2.85 bits per heavy atom. The number of nitrogens with one attached hydrogen (secondary N) is 1. The van der Waals surface area contributed by atoms with Crippen molar-refractivity contribution >= 4 is 23.4 Å². The van der Waals surface area contributed by atoms with Gasteiger partial charge in [0.05, 0.1) is 12.7 Å². The molecule has 1 aromatic heterocycles. The van der Waals surface area contributed by atoms with Crippen molar-refractivity contribution in [2.24, 2.45) is 0 Å². The van der Waals surface area contributed by atoms with Crippen molar-refractivity contribution < 1.29 is 9.59 Å². The molecule has 3 rings (SSSR count). The summed E-state index contributed by atoms with van der Waals surface area (Å²) in [6.45, 7) is 4.81. The van der Waals surface area contributed by atoms with Gasteiger partial charge in [-0.3, -0.25) is 9.59 Å². The van der Waals surface area contributed by atoms with E-state index in [4.69, 9.17) is 11.6 Å². The maximum absolute atomic E-state index is 12.9. The molecule has 0 bridgehead atoms. The molecule has 2 amide bonds. The number of amides is 2. The number of carbonyl (C=O) groups excluding carboxylic acids is 2. The number of nitrogens with zero attached hydrogens (tertiary/aromatic N) is 4. The Hall–Kier alpha value is -2.41. The van der Waals surface area contributed by atoms with Crippen LogP contribution in [0.4, 0.5) is 0 Å². The highest BCUT2D eigenvalue weighted by Gasteiger charge is 2.28. The Labute approximate surface area is 157 Å². The summed E-state index contributed by atoms with van der Waals surface area (Å²) in [5, 5.41) is 11.6. The van der Waals surface area contributed by atoms with Gasteiger partial charge >= 0.3 is 0 Å². The molecule has 1 fully saturated rings. The molecule has 1 unspecified atom stereocenters. The van der Waals surface area contributed by atoms with E-state index in [2.05, 4.69) is 15.6 Å². The molecule has 1 aliphatic heterocycles. The Bertz CT molecular complexity index is 804. The summed E-state index contributed by atoms with van der Waals surface area (Å²) in [7, 11) is 0. The first kappa shape index (κ1) is 18.4. The van der Waals surface area contributed by atoms with Gasteiger partial charge in [0.2, 0.25) is 5.91 Å². The average Bonchev–Trinajstić information content (AvgIpc) is 3.23. The summed E-state index contributed by atoms with van der Waals surface area (Å²) in [6, 6.07) is 7.48. The largest absolute Gasteiger partial charge is 0.352 e. The van der Waals surface area contributed by atoms with Crippen LogP contribution in [0, 0.1) is 0 Å². The molecule has 1 saturated heterocycles. The van der Waals surface area contributed by atoms with Gasteiger partial charge in [-0.25, -0.2) is 4.68 Å². The predicted molar refractivity (Wildman–Crippen MR) is 97.9 cm³/mol. The maximum atomic E-state index is 12.9. The van der Waals surface area contributed by atoms with Gasteiger partial charge in [-0.1, -0.05) is 35.0 Å². The predicted octanol–water partition coefficient (Wildman–Crippen LogP) is 2.11. The van der Waals surface area contributed by atoms with Gasteiger partial charge in [0.25, 0.3) is 5.91 Å². The van der Waals surface area contributed by atoms with E-state index in [9.17, 15) is 9.59 Å². The number of hydrogen-bond acceptors (Lipinski definition) is 4. The van der Waals surface area contributed by atoms with Gasteiger partial charge in [0.1, 0.15) is 0 Å². The molecular weight excluding hydrogens is 354 g/mol. The van der Waals surface area contributed by atoms with Gasteiger partial charge in [0.15, 0.2) is 5.69 Å². The molecule has 7 nitrogen and oxygen atoms in total. The molecule has 1 atom stereocenters. The van der Waals surface area contributed by atoms with Crippen molar-refractivity contribution in [3.63, 3.8) is 0 Å². The fourth-order valence-electron chi connectivity index (χ4n) is 3.00. The molecule has 2 aromatic rings. The van der Waals surface area contributed by atoms with E-state index in [0.29, 0.717) is 24.5 Å². The van der Waals surface area contributed by atoms with E-state index in [1.807, 2.05) is 38.1 Å². The van der Waals surface area contributed by atoms with E-state index >= 15 is 0 Å². The molecule has 138 valence electrons. The number of hydrogen-bond donors (Lipinski definition) is 1. The second-order valence-corrected chi connectivity index (χ2v) is 7.15. The summed E-state index contributed by atoms with van der Waals surface area (Å²) in [5.74, 6) is -0.150. The van der Waals surface area contributed by atoms with Gasteiger partial charge < -0.3 is 10.2 Å². The van der Waals surface area contributed by atoms with Gasteiger partial charge in [-0.2, -0.15) is 0 Å². The number of carbonyl (C=O) groups is 2. The van der Waals surface area contributed by atoms with Crippen molar-refractivity contribution in [1.82, 2.24) is 25.2 Å². The molecule has 1 aromatic carbocycles. The molecule has 0 radical (unpaired) electrons. The van der Waals surface area contributed by atoms with E-state index in [0.717, 1.165) is 12.0 Å². The third kappa shape index (κ3) is 4.22. The third-order valence-corrected chi connectivity index (χ3v) is 4.80. The Balaban J connectivity index is 1.70. The van der Waals surface area contributed by atoms with Crippen LogP contribution in [0.25, 0.3) is 0 Å². The topological polar surface area (TPSA) is 80.1 Å². The first-order chi connectivity index (χ1) is 12.4. The Morgan fingerprint density at radius 1 is 1.42 bits per heavy atom. The molecule has 2 heterocycles. The highest BCUT2D eigenvalue weighted by atomic mass is 35.5. The van der Waals surface area contributed by atoms with Crippen molar-refractivity contribution in [1.29, 1.82) is 0 Å². The van der Waals surface area contributed by atoms with Crippen LogP contribution < -0.4 is 5.32 Å². The van der Waals surface area contributed by atoms with E-state index in [1.165, 1.54) is 0 Å². The zero-order chi connectivity index (χ0) is 18.7. The standard InChI is InChI=1S/C18H22ClN5O2/c1-12(2)24(10-14-7-8-17(25)20-14)18(26)16-11-23(22-21-16)9-13-5-3-4-6-15(13)19/h3-6,11-12,14H,7-10H2,1-2H3,(H,20,25). The Kier molecular flexibility index (Phi) is 5.56. The highest BCUT2D eigenvalue weighted by Crippen LogP contribution is 2.17. The smallest absolute Gasteiger partial charge is 0.276 e. The Morgan fingerprint density at radius 2 is 2.19 bits per heavy atom. The lowest BCUT2D eigenvalue weighted by molar-refractivity contribution is -0.119. The van der Waals surface area contributed by atoms with Crippen LogP contribution in [0.1, 0.15) is 42.7 Å². The number of benzene rings is 1. The zero-order valence-corrected chi connectivity index (χ0v) is 15.6. The number of aromatic nitrogens is 3. The average molecular weight is 376 g/mol. The van der Waals surface area contributed by atoms with Crippen molar-refractivity contribution in [2.45, 2.75) is 45.3 Å². The van der Waals surface area contributed by atoms with Crippen LogP contribution in [0.2, 0.25) is 5.02 Å². The van der Waals surface area contributed by atoms with Crippen LogP contribution in [0.3, 0.4) is 0 Å². The van der Waals surface area contributed by atoms with E-state index in [-0.39, 0.29) is 29.6 Å². The molecule has 0 aliphatic carbocycles. The fraction of sp³-hybridized carbons (Fsp3) is 0.444. The minimum Gasteiger partial charge on any atom is -0.352 e. The summed E-state index contributed by atoms with van der Waals surface area (Å²) >= 11 is 6.17. The van der Waals surface area contributed by atoms with Gasteiger partial charge in [0, 0.05) is 30.1 Å². The minimum atomic E-state index is -0.188. The SMILES string of the molecule is CC(C)N(CC1CCC(=O)N1)C(=O)c1cn(Cc2ccccc2Cl)nn1. The second kappa shape index (κ2) is 7.86. The van der Waals surface area contributed by atoms with Crippen LogP contribution >= 0.6 is 11.6 Å². The first-order valence-corrected chi connectivity index (χ1v) is 9.05. The molecular formula is C18H22ClN5O2. The monoisotopic (exact) mass is 375 g/mol. The molecule has 0 saturated carbocycles. The lowest BCUT2D eigenvalue weighted by Crippen LogP contribution is -2.45. The fourth-order valence-corrected chi connectivity index (χ4v) is 3.20. The van der Waals surface area contributed by atoms with Crippen LogP contribution in [-0.2, 0) is 11.3 Å². The van der Waals surface area contributed by atoms with Gasteiger partial charge in [-0.05, 0) is 31.9 Å². The van der Waals surface area contributed by atoms with E-state index in [1.54, 1.807) is 15.8 Å².